The highest BCUT2D eigenvalue weighted by atomic mass is 32.3. The fourth-order valence-corrected chi connectivity index (χ4v) is 5.84. The van der Waals surface area contributed by atoms with Crippen LogP contribution < -0.4 is 0 Å². The number of Topliss-reactive ketones (excluding diaryl/α,β-unsaturated/α-hetero) is 1. The molecule has 0 rings (SSSR count). The summed E-state index contributed by atoms with van der Waals surface area (Å²) < 4.78 is 63.9. The summed E-state index contributed by atoms with van der Waals surface area (Å²) in [4.78, 5) is 11.7. The molecule has 0 aromatic rings. The minimum atomic E-state index is -5.66. The van der Waals surface area contributed by atoms with Gasteiger partial charge in [-0.2, -0.15) is 21.6 Å². The SMILES string of the molecule is CCCCC(=O)CS(CC)(CC)OS(=O)(=O)C(F)(F)F. The molecule has 0 aromatic heterocycles. The molecular weight excluding hydrogens is 317 g/mol. The average molecular weight is 338 g/mol. The van der Waals surface area contributed by atoms with E-state index in [1.54, 1.807) is 0 Å². The Labute approximate surface area is 119 Å². The van der Waals surface area contributed by atoms with Crippen molar-refractivity contribution < 1.29 is 30.0 Å². The van der Waals surface area contributed by atoms with Crippen molar-refractivity contribution in [1.29, 1.82) is 0 Å². The van der Waals surface area contributed by atoms with Crippen molar-refractivity contribution in [3.8, 4) is 0 Å². The highest BCUT2D eigenvalue weighted by molar-refractivity contribution is 8.33. The standard InChI is InChI=1S/C11H21F3O4S2/c1-4-7-8-10(15)9-19(5-2,6-3)18-20(16,17)11(12,13)14/h4-9H2,1-3H3. The van der Waals surface area contributed by atoms with E-state index in [-0.39, 0.29) is 29.5 Å². The molecular formula is C11H21F3O4S2. The van der Waals surface area contributed by atoms with Crippen LogP contribution in [0.3, 0.4) is 0 Å². The molecule has 0 aliphatic heterocycles. The van der Waals surface area contributed by atoms with Gasteiger partial charge in [-0.3, -0.25) is 4.79 Å². The largest absolute Gasteiger partial charge is 0.523 e. The first-order valence-electron chi connectivity index (χ1n) is 6.34. The van der Waals surface area contributed by atoms with Gasteiger partial charge in [-0.1, -0.05) is 27.2 Å². The van der Waals surface area contributed by atoms with E-state index in [1.165, 1.54) is 13.8 Å². The summed E-state index contributed by atoms with van der Waals surface area (Å²) in [5.41, 5.74) is -5.46. The van der Waals surface area contributed by atoms with Crippen LogP contribution in [0.2, 0.25) is 0 Å². The summed E-state index contributed by atoms with van der Waals surface area (Å²) in [5.74, 6) is -0.300. The molecule has 0 aliphatic rings. The van der Waals surface area contributed by atoms with E-state index in [9.17, 15) is 26.4 Å². The fourth-order valence-electron chi connectivity index (χ4n) is 1.50. The Kier molecular flexibility index (Phi) is 7.54. The van der Waals surface area contributed by atoms with Crippen LogP contribution in [0.25, 0.3) is 0 Å². The van der Waals surface area contributed by atoms with Crippen LogP contribution in [0.5, 0.6) is 0 Å². The molecule has 0 heterocycles. The van der Waals surface area contributed by atoms with Gasteiger partial charge in [0, 0.05) is 6.42 Å². The zero-order valence-electron chi connectivity index (χ0n) is 11.8. The van der Waals surface area contributed by atoms with E-state index in [0.717, 1.165) is 6.42 Å². The lowest BCUT2D eigenvalue weighted by molar-refractivity contribution is -0.116. The third kappa shape index (κ3) is 5.61. The maximum atomic E-state index is 12.4. The lowest BCUT2D eigenvalue weighted by atomic mass is 10.2. The lowest BCUT2D eigenvalue weighted by Gasteiger charge is -2.35. The first kappa shape index (κ1) is 19.7. The summed E-state index contributed by atoms with van der Waals surface area (Å²) in [6.45, 7) is 4.97. The van der Waals surface area contributed by atoms with Crippen LogP contribution in [0.4, 0.5) is 13.2 Å². The van der Waals surface area contributed by atoms with Crippen molar-refractivity contribution in [3.63, 3.8) is 0 Å². The number of ketones is 1. The Morgan fingerprint density at radius 2 is 1.60 bits per heavy atom. The van der Waals surface area contributed by atoms with Gasteiger partial charge in [-0.25, -0.2) is 3.63 Å². The lowest BCUT2D eigenvalue weighted by Crippen LogP contribution is -2.30. The Balaban J connectivity index is 5.08. The predicted octanol–water partition coefficient (Wildman–Crippen LogP) is 3.37. The second-order valence-electron chi connectivity index (χ2n) is 4.30. The number of unbranched alkanes of at least 4 members (excludes halogenated alkanes) is 1. The van der Waals surface area contributed by atoms with E-state index in [4.69, 9.17) is 0 Å². The van der Waals surface area contributed by atoms with E-state index in [0.29, 0.717) is 6.42 Å². The first-order valence-corrected chi connectivity index (χ1v) is 9.81. The normalized spacial score (nSPS) is 14.3. The second kappa shape index (κ2) is 7.65. The number of halogens is 3. The van der Waals surface area contributed by atoms with Crippen molar-refractivity contribution in [2.24, 2.45) is 0 Å². The molecule has 0 atom stereocenters. The smallest absolute Gasteiger partial charge is 0.299 e. The molecule has 0 unspecified atom stereocenters. The van der Waals surface area contributed by atoms with E-state index >= 15 is 0 Å². The van der Waals surface area contributed by atoms with Crippen LogP contribution in [0.15, 0.2) is 0 Å². The van der Waals surface area contributed by atoms with Gasteiger partial charge in [0.05, 0.1) is 5.75 Å². The molecule has 0 saturated carbocycles. The monoisotopic (exact) mass is 338 g/mol. The summed E-state index contributed by atoms with van der Waals surface area (Å²) in [6, 6.07) is 0. The number of rotatable bonds is 9. The molecule has 0 saturated heterocycles. The maximum Gasteiger partial charge on any atom is 0.523 e. The molecule has 0 aromatic carbocycles. The van der Waals surface area contributed by atoms with Gasteiger partial charge in [0.2, 0.25) is 0 Å². The summed E-state index contributed by atoms with van der Waals surface area (Å²) in [6.07, 6.45) is 1.66. The zero-order chi connectivity index (χ0) is 16.0. The van der Waals surface area contributed by atoms with Gasteiger partial charge in [-0.05, 0) is 17.9 Å². The van der Waals surface area contributed by atoms with Crippen molar-refractivity contribution in [2.75, 3.05) is 17.3 Å². The van der Waals surface area contributed by atoms with E-state index < -0.39 is 25.9 Å². The molecule has 9 heteroatoms. The van der Waals surface area contributed by atoms with Gasteiger partial charge in [0.15, 0.2) is 0 Å². The highest BCUT2D eigenvalue weighted by Gasteiger charge is 2.50. The van der Waals surface area contributed by atoms with Crippen LogP contribution in [0, 0.1) is 0 Å². The predicted molar refractivity (Wildman–Crippen MR) is 74.1 cm³/mol. The Morgan fingerprint density at radius 3 is 1.95 bits per heavy atom. The number of alkyl halides is 3. The zero-order valence-corrected chi connectivity index (χ0v) is 13.5. The molecule has 0 bridgehead atoms. The Morgan fingerprint density at radius 1 is 1.10 bits per heavy atom. The summed E-state index contributed by atoms with van der Waals surface area (Å²) in [7, 11) is -8.26. The first-order chi connectivity index (χ1) is 9.03. The molecule has 4 nitrogen and oxygen atoms in total. The number of hydrogen-bond acceptors (Lipinski definition) is 4. The number of carbonyl (C=O) groups is 1. The van der Waals surface area contributed by atoms with Gasteiger partial charge in [0.1, 0.15) is 5.78 Å². The highest BCUT2D eigenvalue weighted by Crippen LogP contribution is 2.52. The summed E-state index contributed by atoms with van der Waals surface area (Å²) in [5, 5.41) is 0. The van der Waals surface area contributed by atoms with Crippen LogP contribution in [-0.4, -0.2) is 37.0 Å². The molecule has 0 fully saturated rings. The van der Waals surface area contributed by atoms with Gasteiger partial charge in [0.25, 0.3) is 0 Å². The summed E-state index contributed by atoms with van der Waals surface area (Å²) >= 11 is 0. The Bertz CT molecular complexity index is 414. The average Bonchev–Trinajstić information content (AvgIpc) is 2.33. The van der Waals surface area contributed by atoms with Crippen molar-refractivity contribution in [2.45, 2.75) is 45.5 Å². The minimum Gasteiger partial charge on any atom is -0.299 e. The maximum absolute atomic E-state index is 12.4. The van der Waals surface area contributed by atoms with Crippen molar-refractivity contribution >= 4 is 26.2 Å². The van der Waals surface area contributed by atoms with Crippen molar-refractivity contribution in [1.82, 2.24) is 0 Å². The Hall–Kier alpha value is -0.280. The third-order valence-corrected chi connectivity index (χ3v) is 8.19. The molecule has 0 radical (unpaired) electrons. The van der Waals surface area contributed by atoms with Gasteiger partial charge >= 0.3 is 15.6 Å². The quantitative estimate of drug-likeness (QED) is 0.605. The van der Waals surface area contributed by atoms with E-state index in [1.807, 2.05) is 6.92 Å². The topological polar surface area (TPSA) is 60.4 Å². The molecule has 0 aliphatic carbocycles. The van der Waals surface area contributed by atoms with Crippen LogP contribution >= 0.6 is 10.3 Å². The van der Waals surface area contributed by atoms with Crippen molar-refractivity contribution in [3.05, 3.63) is 0 Å². The number of hydrogen-bond donors (Lipinski definition) is 0. The number of carbonyl (C=O) groups excluding carboxylic acids is 1. The second-order valence-corrected chi connectivity index (χ2v) is 9.59. The molecule has 122 valence electrons. The molecule has 0 spiro atoms. The third-order valence-electron chi connectivity index (χ3n) is 2.80. The van der Waals surface area contributed by atoms with E-state index in [2.05, 4.69) is 3.63 Å². The fraction of sp³-hybridized carbons (Fsp3) is 0.909. The van der Waals surface area contributed by atoms with Gasteiger partial charge in [-0.15, -0.1) is 10.3 Å². The molecule has 0 N–H and O–H groups in total. The van der Waals surface area contributed by atoms with Crippen LogP contribution in [0.1, 0.15) is 40.0 Å². The minimum absolute atomic E-state index is 0.0939. The van der Waals surface area contributed by atoms with Crippen LogP contribution in [-0.2, 0) is 18.5 Å². The molecule has 20 heavy (non-hydrogen) atoms. The molecule has 0 amide bonds. The van der Waals surface area contributed by atoms with Gasteiger partial charge < -0.3 is 0 Å².